The second kappa shape index (κ2) is 4.01. The Balaban J connectivity index is 2.42. The lowest BCUT2D eigenvalue weighted by atomic mass is 10.2. The van der Waals surface area contributed by atoms with Gasteiger partial charge in [-0.25, -0.2) is 4.57 Å². The van der Waals surface area contributed by atoms with Gasteiger partial charge in [-0.15, -0.1) is 11.8 Å². The predicted molar refractivity (Wildman–Crippen MR) is 61.8 cm³/mol. The standard InChI is InChI=1S/C12H14NS/c1-13-9-4-3-7-11(13)10-6-5-8-12(10)14-2/h3-4,6-9H,5H2,1-2H3/q+1. The van der Waals surface area contributed by atoms with Crippen molar-refractivity contribution in [2.75, 3.05) is 6.26 Å². The fraction of sp³-hybridized carbons (Fsp3) is 0.250. The van der Waals surface area contributed by atoms with E-state index in [-0.39, 0.29) is 0 Å². The first-order valence-corrected chi connectivity index (χ1v) is 5.95. The van der Waals surface area contributed by atoms with Crippen LogP contribution in [0, 0.1) is 0 Å². The average Bonchev–Trinajstić information content (AvgIpc) is 2.66. The third-order valence-electron chi connectivity index (χ3n) is 2.44. The lowest BCUT2D eigenvalue weighted by Gasteiger charge is -2.03. The molecular formula is C12H14NS+. The van der Waals surface area contributed by atoms with Crippen LogP contribution >= 0.6 is 11.8 Å². The number of thioether (sulfide) groups is 1. The van der Waals surface area contributed by atoms with Crippen LogP contribution in [-0.2, 0) is 7.05 Å². The number of nitrogens with zero attached hydrogens (tertiary/aromatic N) is 1. The fourth-order valence-corrected chi connectivity index (χ4v) is 2.39. The molecule has 2 rings (SSSR count). The molecule has 1 aromatic rings. The van der Waals surface area contributed by atoms with Crippen molar-refractivity contribution >= 4 is 17.3 Å². The molecule has 0 fully saturated rings. The van der Waals surface area contributed by atoms with E-state index in [1.807, 2.05) is 11.8 Å². The van der Waals surface area contributed by atoms with E-state index in [1.54, 1.807) is 0 Å². The minimum Gasteiger partial charge on any atom is -0.201 e. The van der Waals surface area contributed by atoms with Crippen LogP contribution in [0.25, 0.3) is 5.57 Å². The van der Waals surface area contributed by atoms with Gasteiger partial charge in [0.1, 0.15) is 7.05 Å². The summed E-state index contributed by atoms with van der Waals surface area (Å²) in [6, 6.07) is 6.31. The van der Waals surface area contributed by atoms with Crippen molar-refractivity contribution in [2.24, 2.45) is 7.05 Å². The van der Waals surface area contributed by atoms with Gasteiger partial charge >= 0.3 is 0 Å². The Bertz CT molecular complexity index is 405. The van der Waals surface area contributed by atoms with Crippen molar-refractivity contribution in [1.29, 1.82) is 0 Å². The highest BCUT2D eigenvalue weighted by Gasteiger charge is 2.17. The summed E-state index contributed by atoms with van der Waals surface area (Å²) in [4.78, 5) is 1.40. The molecule has 1 nitrogen and oxygen atoms in total. The van der Waals surface area contributed by atoms with Crippen LogP contribution in [0.2, 0.25) is 0 Å². The maximum absolute atomic E-state index is 2.29. The molecule has 1 aromatic heterocycles. The highest BCUT2D eigenvalue weighted by atomic mass is 32.2. The second-order valence-electron chi connectivity index (χ2n) is 3.32. The van der Waals surface area contributed by atoms with Gasteiger partial charge in [-0.3, -0.25) is 0 Å². The molecule has 0 saturated heterocycles. The summed E-state index contributed by atoms with van der Waals surface area (Å²) in [5.74, 6) is 0. The smallest absolute Gasteiger partial charge is 0.201 e. The highest BCUT2D eigenvalue weighted by Crippen LogP contribution is 2.33. The molecule has 0 aliphatic heterocycles. The Labute approximate surface area is 89.2 Å². The summed E-state index contributed by atoms with van der Waals surface area (Å²) in [6.45, 7) is 0. The number of rotatable bonds is 2. The van der Waals surface area contributed by atoms with Crippen molar-refractivity contribution in [3.05, 3.63) is 47.1 Å². The SMILES string of the molecule is CSC1=CCC=C1c1cccc[n+]1C. The van der Waals surface area contributed by atoms with E-state index in [1.165, 1.54) is 16.2 Å². The van der Waals surface area contributed by atoms with Gasteiger partial charge in [-0.1, -0.05) is 12.2 Å². The van der Waals surface area contributed by atoms with E-state index in [9.17, 15) is 0 Å². The minimum absolute atomic E-state index is 1.07. The number of hydrogen-bond acceptors (Lipinski definition) is 1. The number of allylic oxidation sites excluding steroid dienone is 3. The van der Waals surface area contributed by atoms with E-state index in [4.69, 9.17) is 0 Å². The number of aryl methyl sites for hydroxylation is 1. The van der Waals surface area contributed by atoms with Crippen LogP contribution in [0.5, 0.6) is 0 Å². The minimum atomic E-state index is 1.07. The first-order chi connectivity index (χ1) is 6.83. The molecule has 1 heterocycles. The Morgan fingerprint density at radius 2 is 2.14 bits per heavy atom. The van der Waals surface area contributed by atoms with Crippen LogP contribution in [0.4, 0.5) is 0 Å². The first-order valence-electron chi connectivity index (χ1n) is 4.72. The van der Waals surface area contributed by atoms with Gasteiger partial charge in [0.25, 0.3) is 0 Å². The van der Waals surface area contributed by atoms with E-state index < -0.39 is 0 Å². The number of pyridine rings is 1. The van der Waals surface area contributed by atoms with E-state index in [0.717, 1.165) is 6.42 Å². The second-order valence-corrected chi connectivity index (χ2v) is 4.17. The summed E-state index contributed by atoms with van der Waals surface area (Å²) in [7, 11) is 2.09. The quantitative estimate of drug-likeness (QED) is 0.670. The zero-order chi connectivity index (χ0) is 9.97. The zero-order valence-electron chi connectivity index (χ0n) is 8.53. The highest BCUT2D eigenvalue weighted by molar-refractivity contribution is 8.03. The van der Waals surface area contributed by atoms with Gasteiger partial charge in [-0.2, -0.15) is 0 Å². The summed E-state index contributed by atoms with van der Waals surface area (Å²) >= 11 is 1.82. The van der Waals surface area contributed by atoms with Crippen LogP contribution < -0.4 is 4.57 Å². The zero-order valence-corrected chi connectivity index (χ0v) is 9.34. The van der Waals surface area contributed by atoms with Gasteiger partial charge in [0, 0.05) is 17.0 Å². The van der Waals surface area contributed by atoms with Crippen molar-refractivity contribution in [1.82, 2.24) is 0 Å². The van der Waals surface area contributed by atoms with Gasteiger partial charge in [0.05, 0.1) is 5.57 Å². The van der Waals surface area contributed by atoms with Crippen LogP contribution in [-0.4, -0.2) is 6.26 Å². The summed E-state index contributed by atoms with van der Waals surface area (Å²) in [5.41, 5.74) is 2.67. The van der Waals surface area contributed by atoms with Crippen molar-refractivity contribution in [2.45, 2.75) is 6.42 Å². The van der Waals surface area contributed by atoms with Gasteiger partial charge in [0.2, 0.25) is 5.69 Å². The molecular weight excluding hydrogens is 190 g/mol. The predicted octanol–water partition coefficient (Wildman–Crippen LogP) is 2.55. The molecule has 0 radical (unpaired) electrons. The Morgan fingerprint density at radius 3 is 2.86 bits per heavy atom. The summed E-state index contributed by atoms with van der Waals surface area (Å²) in [5, 5.41) is 0. The van der Waals surface area contributed by atoms with Crippen LogP contribution in [0.15, 0.2) is 41.5 Å². The molecule has 1 aliphatic carbocycles. The van der Waals surface area contributed by atoms with E-state index in [0.29, 0.717) is 0 Å². The molecule has 0 amide bonds. The Kier molecular flexibility index (Phi) is 2.73. The van der Waals surface area contributed by atoms with Crippen molar-refractivity contribution < 1.29 is 4.57 Å². The fourth-order valence-electron chi connectivity index (χ4n) is 1.72. The number of aromatic nitrogens is 1. The lowest BCUT2D eigenvalue weighted by molar-refractivity contribution is -0.673. The molecule has 1 aliphatic rings. The van der Waals surface area contributed by atoms with E-state index in [2.05, 4.69) is 54.4 Å². The largest absolute Gasteiger partial charge is 0.213 e. The lowest BCUT2D eigenvalue weighted by Crippen LogP contribution is -2.32. The molecule has 2 heteroatoms. The van der Waals surface area contributed by atoms with Gasteiger partial charge < -0.3 is 0 Å². The molecule has 0 spiro atoms. The van der Waals surface area contributed by atoms with Gasteiger partial charge in [-0.05, 0) is 18.7 Å². The average molecular weight is 204 g/mol. The summed E-state index contributed by atoms with van der Waals surface area (Å²) < 4.78 is 2.17. The van der Waals surface area contributed by atoms with Crippen molar-refractivity contribution in [3.63, 3.8) is 0 Å². The molecule has 72 valence electrons. The van der Waals surface area contributed by atoms with E-state index >= 15 is 0 Å². The normalized spacial score (nSPS) is 15.3. The van der Waals surface area contributed by atoms with Crippen LogP contribution in [0.3, 0.4) is 0 Å². The monoisotopic (exact) mass is 204 g/mol. The third-order valence-corrected chi connectivity index (χ3v) is 3.27. The maximum Gasteiger partial charge on any atom is 0.213 e. The topological polar surface area (TPSA) is 3.88 Å². The van der Waals surface area contributed by atoms with Gasteiger partial charge in [0.15, 0.2) is 6.20 Å². The first kappa shape index (κ1) is 9.53. The molecule has 0 atom stereocenters. The molecule has 0 bridgehead atoms. The molecule has 0 N–H and O–H groups in total. The van der Waals surface area contributed by atoms with Crippen LogP contribution in [0.1, 0.15) is 12.1 Å². The Hall–Kier alpha value is -1.02. The molecule has 0 saturated carbocycles. The molecule has 0 aromatic carbocycles. The van der Waals surface area contributed by atoms with Crippen molar-refractivity contribution in [3.8, 4) is 0 Å². The molecule has 14 heavy (non-hydrogen) atoms. The maximum atomic E-state index is 2.29. The molecule has 0 unspecified atom stereocenters. The Morgan fingerprint density at radius 1 is 1.29 bits per heavy atom. The summed E-state index contributed by atoms with van der Waals surface area (Å²) in [6.07, 6.45) is 9.87. The third kappa shape index (κ3) is 1.62. The number of hydrogen-bond donors (Lipinski definition) is 0.